The molecule has 2 rings (SSSR count). The number of carbonyl (C=O) groups is 1. The molecule has 1 aliphatic rings. The van der Waals surface area contributed by atoms with Crippen molar-refractivity contribution in [3.05, 3.63) is 9.48 Å². The Bertz CT molecular complexity index is 557. The van der Waals surface area contributed by atoms with Crippen LogP contribution in [-0.2, 0) is 14.8 Å². The predicted molar refractivity (Wildman–Crippen MR) is 64.5 cm³/mol. The number of hydrogen-bond acceptors (Lipinski definition) is 5. The van der Waals surface area contributed by atoms with Crippen LogP contribution in [0.1, 0.15) is 18.5 Å². The summed E-state index contributed by atoms with van der Waals surface area (Å²) in [6.07, 6.45) is 0.625. The highest BCUT2D eigenvalue weighted by molar-refractivity contribution is 9.11. The highest BCUT2D eigenvalue weighted by Crippen LogP contribution is 2.38. The van der Waals surface area contributed by atoms with E-state index < -0.39 is 21.5 Å². The average molecular weight is 341 g/mol. The minimum atomic E-state index is -3.86. The van der Waals surface area contributed by atoms with E-state index in [0.717, 1.165) is 11.3 Å². The van der Waals surface area contributed by atoms with Gasteiger partial charge in [0, 0.05) is 0 Å². The van der Waals surface area contributed by atoms with Crippen molar-refractivity contribution in [3.8, 4) is 0 Å². The lowest BCUT2D eigenvalue weighted by molar-refractivity contribution is -0.140. The number of aliphatic carboxylic acids is 1. The molecule has 1 fully saturated rings. The maximum Gasteiger partial charge on any atom is 0.324 e. The molecule has 17 heavy (non-hydrogen) atoms. The smallest absolute Gasteiger partial charge is 0.324 e. The van der Waals surface area contributed by atoms with Crippen molar-refractivity contribution >= 4 is 43.3 Å². The topological polar surface area (TPSA) is 96.4 Å². The van der Waals surface area contributed by atoms with E-state index in [4.69, 9.17) is 5.11 Å². The number of halogens is 1. The van der Waals surface area contributed by atoms with E-state index in [2.05, 4.69) is 25.6 Å². The van der Waals surface area contributed by atoms with Gasteiger partial charge in [-0.05, 0) is 35.7 Å². The van der Waals surface area contributed by atoms with Crippen LogP contribution in [0.15, 0.2) is 8.13 Å². The maximum atomic E-state index is 11.9. The first kappa shape index (κ1) is 12.9. The lowest BCUT2D eigenvalue weighted by Gasteiger charge is -2.10. The molecule has 0 spiro atoms. The Morgan fingerprint density at radius 3 is 2.53 bits per heavy atom. The lowest BCUT2D eigenvalue weighted by atomic mass is 10.3. The second-order valence-corrected chi connectivity index (χ2v) is 8.00. The van der Waals surface area contributed by atoms with Crippen LogP contribution in [0.25, 0.3) is 0 Å². The summed E-state index contributed by atoms with van der Waals surface area (Å²) in [5.41, 5.74) is -0.763. The molecule has 0 atom stereocenters. The fraction of sp³-hybridized carbons (Fsp3) is 0.500. The van der Waals surface area contributed by atoms with Crippen LogP contribution >= 0.6 is 27.3 Å². The van der Waals surface area contributed by atoms with Gasteiger partial charge in [-0.1, -0.05) is 11.3 Å². The number of aryl methyl sites for hydroxylation is 1. The summed E-state index contributed by atoms with van der Waals surface area (Å²) in [6, 6.07) is 0. The van der Waals surface area contributed by atoms with Gasteiger partial charge in [-0.2, -0.15) is 4.72 Å². The Morgan fingerprint density at radius 1 is 1.59 bits per heavy atom. The number of carboxylic acids is 1. The van der Waals surface area contributed by atoms with Crippen LogP contribution in [0.2, 0.25) is 0 Å². The lowest BCUT2D eigenvalue weighted by Crippen LogP contribution is -2.42. The summed E-state index contributed by atoms with van der Waals surface area (Å²) in [5.74, 6) is -1.14. The van der Waals surface area contributed by atoms with Crippen molar-refractivity contribution in [1.29, 1.82) is 0 Å². The third-order valence-electron chi connectivity index (χ3n) is 2.44. The largest absolute Gasteiger partial charge is 0.480 e. The zero-order valence-corrected chi connectivity index (χ0v) is 11.9. The Kier molecular flexibility index (Phi) is 3.05. The SMILES string of the molecule is Cc1nc(S(=O)(=O)NC2(C(=O)O)CC2)sc1Br. The Hall–Kier alpha value is -0.510. The van der Waals surface area contributed by atoms with Gasteiger partial charge in [0.05, 0.1) is 9.48 Å². The molecule has 0 amide bonds. The number of carboxylic acid groups (broad SMARTS) is 1. The van der Waals surface area contributed by atoms with Gasteiger partial charge in [0.15, 0.2) is 0 Å². The molecule has 9 heteroatoms. The molecule has 0 aliphatic heterocycles. The Balaban J connectivity index is 2.29. The molecule has 1 heterocycles. The summed E-state index contributed by atoms with van der Waals surface area (Å²) in [6.45, 7) is 1.67. The summed E-state index contributed by atoms with van der Waals surface area (Å²) >= 11 is 4.14. The number of thiazole rings is 1. The van der Waals surface area contributed by atoms with Gasteiger partial charge < -0.3 is 5.11 Å². The molecular weight excluding hydrogens is 332 g/mol. The molecule has 1 aromatic heterocycles. The standard InChI is InChI=1S/C8H9BrN2O4S2/c1-4-5(9)16-7(10-4)17(14,15)11-8(2-3-8)6(12)13/h11H,2-3H2,1H3,(H,12,13). The van der Waals surface area contributed by atoms with Crippen molar-refractivity contribution in [2.24, 2.45) is 0 Å². The second-order valence-electron chi connectivity index (χ2n) is 3.83. The first-order valence-corrected chi connectivity index (χ1v) is 7.76. The van der Waals surface area contributed by atoms with Crippen LogP contribution in [-0.4, -0.2) is 30.0 Å². The summed E-state index contributed by atoms with van der Waals surface area (Å²) in [5, 5.41) is 8.92. The van der Waals surface area contributed by atoms with Gasteiger partial charge >= 0.3 is 5.97 Å². The second kappa shape index (κ2) is 4.01. The molecule has 6 nitrogen and oxygen atoms in total. The van der Waals surface area contributed by atoms with Gasteiger partial charge in [-0.3, -0.25) is 4.79 Å². The summed E-state index contributed by atoms with van der Waals surface area (Å²) in [7, 11) is -3.86. The Morgan fingerprint density at radius 2 is 2.18 bits per heavy atom. The molecular formula is C8H9BrN2O4S2. The van der Waals surface area contributed by atoms with E-state index in [-0.39, 0.29) is 4.34 Å². The summed E-state index contributed by atoms with van der Waals surface area (Å²) < 4.78 is 26.5. The third kappa shape index (κ3) is 2.37. The third-order valence-corrected chi connectivity index (χ3v) is 6.36. The van der Waals surface area contributed by atoms with Gasteiger partial charge in [0.2, 0.25) is 4.34 Å². The molecule has 0 radical (unpaired) electrons. The molecule has 0 unspecified atom stereocenters. The van der Waals surface area contributed by atoms with E-state index in [0.29, 0.717) is 22.3 Å². The average Bonchev–Trinajstić information content (AvgIpc) is 2.89. The molecule has 1 saturated carbocycles. The number of rotatable bonds is 4. The van der Waals surface area contributed by atoms with Gasteiger partial charge in [0.1, 0.15) is 5.54 Å². The molecule has 0 aromatic carbocycles. The van der Waals surface area contributed by atoms with Crippen molar-refractivity contribution in [1.82, 2.24) is 9.71 Å². The van der Waals surface area contributed by atoms with Crippen molar-refractivity contribution in [3.63, 3.8) is 0 Å². The molecule has 2 N–H and O–H groups in total. The quantitative estimate of drug-likeness (QED) is 0.855. The molecule has 0 saturated heterocycles. The van der Waals surface area contributed by atoms with Gasteiger partial charge in [-0.15, -0.1) is 0 Å². The normalized spacial score (nSPS) is 18.0. The van der Waals surface area contributed by atoms with Crippen LogP contribution < -0.4 is 4.72 Å². The van der Waals surface area contributed by atoms with Gasteiger partial charge in [0.25, 0.3) is 10.0 Å². The number of hydrogen-bond donors (Lipinski definition) is 2. The fourth-order valence-corrected chi connectivity index (χ4v) is 4.62. The number of nitrogens with zero attached hydrogens (tertiary/aromatic N) is 1. The predicted octanol–water partition coefficient (Wildman–Crippen LogP) is 1.11. The van der Waals surface area contributed by atoms with Crippen molar-refractivity contribution in [2.75, 3.05) is 0 Å². The van der Waals surface area contributed by atoms with Crippen molar-refractivity contribution in [2.45, 2.75) is 29.6 Å². The first-order valence-electron chi connectivity index (χ1n) is 4.67. The van der Waals surface area contributed by atoms with Crippen LogP contribution in [0, 0.1) is 6.92 Å². The highest BCUT2D eigenvalue weighted by atomic mass is 79.9. The zero-order valence-electron chi connectivity index (χ0n) is 8.73. The van der Waals surface area contributed by atoms with Gasteiger partial charge in [-0.25, -0.2) is 13.4 Å². The summed E-state index contributed by atoms with van der Waals surface area (Å²) in [4.78, 5) is 14.8. The highest BCUT2D eigenvalue weighted by Gasteiger charge is 2.53. The number of nitrogens with one attached hydrogen (secondary N) is 1. The minimum absolute atomic E-state index is 0.116. The molecule has 1 aromatic rings. The molecule has 94 valence electrons. The minimum Gasteiger partial charge on any atom is -0.480 e. The van der Waals surface area contributed by atoms with E-state index in [1.807, 2.05) is 0 Å². The number of sulfonamides is 1. The zero-order chi connectivity index (χ0) is 12.8. The fourth-order valence-electron chi connectivity index (χ4n) is 1.25. The monoisotopic (exact) mass is 340 g/mol. The molecule has 1 aliphatic carbocycles. The Labute approximate surface area is 110 Å². The van der Waals surface area contributed by atoms with E-state index in [1.165, 1.54) is 0 Å². The molecule has 0 bridgehead atoms. The van der Waals surface area contributed by atoms with E-state index in [9.17, 15) is 13.2 Å². The van der Waals surface area contributed by atoms with E-state index in [1.54, 1.807) is 6.92 Å². The van der Waals surface area contributed by atoms with E-state index >= 15 is 0 Å². The van der Waals surface area contributed by atoms with Crippen LogP contribution in [0.4, 0.5) is 0 Å². The van der Waals surface area contributed by atoms with Crippen molar-refractivity contribution < 1.29 is 18.3 Å². The number of aromatic nitrogens is 1. The van der Waals surface area contributed by atoms with Crippen LogP contribution in [0.5, 0.6) is 0 Å². The maximum absolute atomic E-state index is 11.9. The van der Waals surface area contributed by atoms with Crippen LogP contribution in [0.3, 0.4) is 0 Å². The first-order chi connectivity index (χ1) is 7.77.